The Morgan fingerprint density at radius 2 is 0.889 bits per heavy atom. The van der Waals surface area contributed by atoms with Gasteiger partial charge in [0.25, 0.3) is 0 Å². The molecule has 0 unspecified atom stereocenters. The molecule has 0 saturated heterocycles. The van der Waals surface area contributed by atoms with Crippen LogP contribution in [0.15, 0.2) is 87.5 Å². The Morgan fingerprint density at radius 1 is 0.583 bits per heavy atom. The molecule has 36 heavy (non-hydrogen) atoms. The molecule has 0 heterocycles. The lowest BCUT2D eigenvalue weighted by atomic mass is 10.2. The van der Waals surface area contributed by atoms with E-state index in [2.05, 4.69) is 0 Å². The first-order valence-electron chi connectivity index (χ1n) is 11.3. The predicted molar refractivity (Wildman–Crippen MR) is 137 cm³/mol. The number of phenolic OH excluding ortho intramolecular Hbond substituents is 1. The molecule has 0 spiro atoms. The SMILES string of the molecule is CC(C)(C)OC(=O)Oc1ccc([S+](c2ccc(O)cc2)c2ccc(OC(=O)OC(C)(C)C)cc2)cc1. The van der Waals surface area contributed by atoms with Crippen molar-refractivity contribution in [2.24, 2.45) is 0 Å². The lowest BCUT2D eigenvalue weighted by Crippen LogP contribution is -2.26. The van der Waals surface area contributed by atoms with E-state index in [0.717, 1.165) is 14.7 Å². The number of carbonyl (C=O) groups is 2. The van der Waals surface area contributed by atoms with Gasteiger partial charge < -0.3 is 24.1 Å². The average molecular weight is 512 g/mol. The van der Waals surface area contributed by atoms with E-state index in [9.17, 15) is 14.7 Å². The molecule has 0 radical (unpaired) electrons. The summed E-state index contributed by atoms with van der Waals surface area (Å²) in [5.74, 6) is 0.899. The monoisotopic (exact) mass is 511 g/mol. The van der Waals surface area contributed by atoms with Gasteiger partial charge >= 0.3 is 12.3 Å². The zero-order valence-electron chi connectivity index (χ0n) is 21.2. The molecule has 0 bridgehead atoms. The van der Waals surface area contributed by atoms with Gasteiger partial charge in [0.2, 0.25) is 0 Å². The average Bonchev–Trinajstić information content (AvgIpc) is 2.75. The third-order valence-electron chi connectivity index (χ3n) is 4.37. The van der Waals surface area contributed by atoms with Crippen LogP contribution in [-0.4, -0.2) is 28.6 Å². The summed E-state index contributed by atoms with van der Waals surface area (Å²) in [6.45, 7) is 10.6. The predicted octanol–water partition coefficient (Wildman–Crippen LogP) is 7.12. The van der Waals surface area contributed by atoms with Crippen molar-refractivity contribution in [2.75, 3.05) is 0 Å². The van der Waals surface area contributed by atoms with Crippen molar-refractivity contribution in [3.63, 3.8) is 0 Å². The van der Waals surface area contributed by atoms with E-state index in [1.54, 1.807) is 77.9 Å². The van der Waals surface area contributed by atoms with E-state index in [1.165, 1.54) is 0 Å². The molecule has 0 aliphatic rings. The van der Waals surface area contributed by atoms with Crippen LogP contribution in [0.5, 0.6) is 17.2 Å². The zero-order valence-corrected chi connectivity index (χ0v) is 22.0. The van der Waals surface area contributed by atoms with E-state index in [4.69, 9.17) is 18.9 Å². The number of rotatable bonds is 5. The zero-order chi connectivity index (χ0) is 26.5. The van der Waals surface area contributed by atoms with Gasteiger partial charge in [-0.15, -0.1) is 0 Å². The normalized spacial score (nSPS) is 11.6. The molecule has 0 aliphatic heterocycles. The number of phenols is 1. The Bertz CT molecular complexity index is 1100. The number of hydrogen-bond donors (Lipinski definition) is 1. The Hall–Kier alpha value is -3.65. The molecular formula is C28H31O7S+. The van der Waals surface area contributed by atoms with E-state index in [1.807, 2.05) is 36.4 Å². The van der Waals surface area contributed by atoms with Crippen LogP contribution in [0.4, 0.5) is 9.59 Å². The fraction of sp³-hybridized carbons (Fsp3) is 0.286. The summed E-state index contributed by atoms with van der Waals surface area (Å²) >= 11 is 0. The minimum absolute atomic E-state index is 0.171. The molecular weight excluding hydrogens is 480 g/mol. The molecule has 190 valence electrons. The highest BCUT2D eigenvalue weighted by molar-refractivity contribution is 7.97. The van der Waals surface area contributed by atoms with Gasteiger partial charge in [0, 0.05) is 0 Å². The first-order chi connectivity index (χ1) is 16.8. The van der Waals surface area contributed by atoms with Gasteiger partial charge in [-0.1, -0.05) is 0 Å². The highest BCUT2D eigenvalue weighted by Gasteiger charge is 2.29. The van der Waals surface area contributed by atoms with Crippen LogP contribution in [-0.2, 0) is 20.4 Å². The molecule has 3 aromatic rings. The minimum Gasteiger partial charge on any atom is -0.508 e. The summed E-state index contributed by atoms with van der Waals surface area (Å²) < 4.78 is 21.0. The summed E-state index contributed by atoms with van der Waals surface area (Å²) in [5.41, 5.74) is -1.30. The van der Waals surface area contributed by atoms with Crippen molar-refractivity contribution in [1.29, 1.82) is 0 Å². The molecule has 1 N–H and O–H groups in total. The Morgan fingerprint density at radius 3 is 1.19 bits per heavy atom. The second-order valence-corrected chi connectivity index (χ2v) is 11.9. The summed E-state index contributed by atoms with van der Waals surface area (Å²) in [7, 11) is -0.551. The Balaban J connectivity index is 1.85. The lowest BCUT2D eigenvalue weighted by Gasteiger charge is -2.18. The van der Waals surface area contributed by atoms with Crippen LogP contribution in [0, 0.1) is 0 Å². The van der Waals surface area contributed by atoms with Gasteiger partial charge in [-0.05, 0) is 114 Å². The maximum absolute atomic E-state index is 12.0. The van der Waals surface area contributed by atoms with Crippen LogP contribution in [0.25, 0.3) is 0 Å². The first kappa shape index (κ1) is 26.9. The van der Waals surface area contributed by atoms with Crippen LogP contribution >= 0.6 is 0 Å². The molecule has 0 amide bonds. The van der Waals surface area contributed by atoms with Crippen molar-refractivity contribution < 1.29 is 33.6 Å². The molecule has 3 rings (SSSR count). The molecule has 3 aromatic carbocycles. The fourth-order valence-corrected chi connectivity index (χ4v) is 5.05. The van der Waals surface area contributed by atoms with E-state index < -0.39 is 34.4 Å². The highest BCUT2D eigenvalue weighted by atomic mass is 32.2. The van der Waals surface area contributed by atoms with Crippen molar-refractivity contribution >= 4 is 23.2 Å². The number of ether oxygens (including phenoxy) is 4. The third-order valence-corrected chi connectivity index (χ3v) is 6.60. The van der Waals surface area contributed by atoms with E-state index in [0.29, 0.717) is 11.5 Å². The van der Waals surface area contributed by atoms with Crippen molar-refractivity contribution in [1.82, 2.24) is 0 Å². The molecule has 8 heteroatoms. The van der Waals surface area contributed by atoms with Gasteiger partial charge in [0.1, 0.15) is 28.5 Å². The maximum Gasteiger partial charge on any atom is 0.514 e. The topological polar surface area (TPSA) is 91.3 Å². The minimum atomic E-state index is -0.770. The van der Waals surface area contributed by atoms with Crippen molar-refractivity contribution in [2.45, 2.75) is 67.4 Å². The van der Waals surface area contributed by atoms with Crippen molar-refractivity contribution in [3.8, 4) is 17.2 Å². The molecule has 0 atom stereocenters. The number of aromatic hydroxyl groups is 1. The second kappa shape index (κ2) is 11.0. The fourth-order valence-electron chi connectivity index (χ4n) is 3.01. The number of hydrogen-bond acceptors (Lipinski definition) is 7. The van der Waals surface area contributed by atoms with Crippen molar-refractivity contribution in [3.05, 3.63) is 72.8 Å². The molecule has 0 saturated carbocycles. The summed E-state index contributed by atoms with van der Waals surface area (Å²) in [6, 6.07) is 21.3. The quantitative estimate of drug-likeness (QED) is 0.222. The number of benzene rings is 3. The molecule has 7 nitrogen and oxygen atoms in total. The van der Waals surface area contributed by atoms with Crippen LogP contribution < -0.4 is 9.47 Å². The summed E-state index contributed by atoms with van der Waals surface area (Å²) in [4.78, 5) is 26.9. The lowest BCUT2D eigenvalue weighted by molar-refractivity contribution is 0.0193. The van der Waals surface area contributed by atoms with Gasteiger partial charge in [0.05, 0.1) is 10.9 Å². The highest BCUT2D eigenvalue weighted by Crippen LogP contribution is 2.34. The van der Waals surface area contributed by atoms with Gasteiger partial charge in [-0.25, -0.2) is 9.59 Å². The smallest absolute Gasteiger partial charge is 0.508 e. The molecule has 0 aromatic heterocycles. The third kappa shape index (κ3) is 8.23. The van der Waals surface area contributed by atoms with Crippen LogP contribution in [0.2, 0.25) is 0 Å². The van der Waals surface area contributed by atoms with Gasteiger partial charge in [-0.2, -0.15) is 0 Å². The molecule has 0 fully saturated rings. The standard InChI is InChI=1S/C28H30O7S/c1-27(2,3)34-25(30)32-20-9-15-23(16-10-20)36(22-13-7-19(29)8-14-22)24-17-11-21(12-18-24)33-26(31)35-28(4,5)6/h7-18H,1-6H3/p+1. The maximum atomic E-state index is 12.0. The van der Waals surface area contributed by atoms with Gasteiger partial charge in [-0.3, -0.25) is 0 Å². The van der Waals surface area contributed by atoms with Gasteiger partial charge in [0.15, 0.2) is 14.7 Å². The second-order valence-electron chi connectivity index (χ2n) is 9.88. The van der Waals surface area contributed by atoms with Crippen LogP contribution in [0.3, 0.4) is 0 Å². The van der Waals surface area contributed by atoms with E-state index >= 15 is 0 Å². The Kier molecular flexibility index (Phi) is 8.20. The Labute approximate surface area is 214 Å². The largest absolute Gasteiger partial charge is 0.514 e. The first-order valence-corrected chi connectivity index (χ1v) is 12.6. The summed E-state index contributed by atoms with van der Waals surface area (Å²) in [5, 5.41) is 9.76. The van der Waals surface area contributed by atoms with E-state index in [-0.39, 0.29) is 5.75 Å². The summed E-state index contributed by atoms with van der Waals surface area (Å²) in [6.07, 6.45) is -1.54. The number of carbonyl (C=O) groups excluding carboxylic acids is 2. The molecule has 0 aliphatic carbocycles. The van der Waals surface area contributed by atoms with Crippen LogP contribution in [0.1, 0.15) is 41.5 Å².